The molecule has 1 saturated heterocycles. The fourth-order valence-electron chi connectivity index (χ4n) is 3.22. The number of allylic oxidation sites excluding steroid dienone is 5. The molecule has 0 unspecified atom stereocenters. The van der Waals surface area contributed by atoms with Crippen LogP contribution in [0, 0.1) is 0 Å². The van der Waals surface area contributed by atoms with Crippen molar-refractivity contribution in [2.45, 2.75) is 12.8 Å². The summed E-state index contributed by atoms with van der Waals surface area (Å²) < 4.78 is 6.29. The average Bonchev–Trinajstić information content (AvgIpc) is 3.14. The Morgan fingerprint density at radius 1 is 1.27 bits per heavy atom. The van der Waals surface area contributed by atoms with Gasteiger partial charge in [-0.15, -0.1) is 11.3 Å². The molecular weight excluding hydrogens is 364 g/mol. The zero-order valence-corrected chi connectivity index (χ0v) is 14.4. The number of hydrogen-bond acceptors (Lipinski definition) is 5. The molecule has 22 heavy (non-hydrogen) atoms. The summed E-state index contributed by atoms with van der Waals surface area (Å²) in [6.07, 6.45) is 7.45. The van der Waals surface area contributed by atoms with E-state index in [0.29, 0.717) is 0 Å². The van der Waals surface area contributed by atoms with Gasteiger partial charge in [-0.1, -0.05) is 6.08 Å². The summed E-state index contributed by atoms with van der Waals surface area (Å²) in [5.41, 5.74) is 4.45. The van der Waals surface area contributed by atoms with Crippen molar-refractivity contribution in [3.05, 3.63) is 44.0 Å². The van der Waals surface area contributed by atoms with Gasteiger partial charge in [0.05, 0.1) is 18.1 Å². The van der Waals surface area contributed by atoms with Crippen LogP contribution in [0.25, 0.3) is 5.57 Å². The van der Waals surface area contributed by atoms with Gasteiger partial charge in [0, 0.05) is 43.1 Å². The second-order valence-electron chi connectivity index (χ2n) is 5.53. The predicted octanol–water partition coefficient (Wildman–Crippen LogP) is 3.18. The smallest absolute Gasteiger partial charge is 0.184 e. The molecule has 3 aliphatic rings. The van der Waals surface area contributed by atoms with E-state index in [1.54, 1.807) is 11.3 Å². The Hall–Kier alpha value is -1.24. The number of halogens is 1. The maximum absolute atomic E-state index is 12.5. The molecule has 1 aliphatic heterocycles. The molecule has 0 aromatic carbocycles. The summed E-state index contributed by atoms with van der Waals surface area (Å²) >= 11 is 5.03. The third-order valence-electron chi connectivity index (χ3n) is 4.31. The number of carbonyl (C=O) groups excluding carboxylic acids is 1. The molecule has 0 saturated carbocycles. The number of hydrogen-bond donors (Lipinski definition) is 0. The van der Waals surface area contributed by atoms with E-state index in [1.807, 2.05) is 12.3 Å². The van der Waals surface area contributed by atoms with Gasteiger partial charge < -0.3 is 9.64 Å². The van der Waals surface area contributed by atoms with Gasteiger partial charge in [-0.25, -0.2) is 4.98 Å². The normalized spacial score (nSPS) is 21.9. The van der Waals surface area contributed by atoms with Gasteiger partial charge in [0.25, 0.3) is 0 Å². The Morgan fingerprint density at radius 2 is 2.09 bits per heavy atom. The highest BCUT2D eigenvalue weighted by atomic mass is 79.9. The van der Waals surface area contributed by atoms with E-state index in [0.717, 1.165) is 59.2 Å². The summed E-state index contributed by atoms with van der Waals surface area (Å²) in [5.74, 6) is 0.164. The molecule has 4 rings (SSSR count). The number of ketones is 1. The van der Waals surface area contributed by atoms with E-state index in [-0.39, 0.29) is 5.78 Å². The lowest BCUT2D eigenvalue weighted by atomic mass is 9.91. The topological polar surface area (TPSA) is 42.4 Å². The highest BCUT2D eigenvalue weighted by Crippen LogP contribution is 2.43. The van der Waals surface area contributed by atoms with Gasteiger partial charge in [0.1, 0.15) is 0 Å². The number of nitrogens with zero attached hydrogens (tertiary/aromatic N) is 2. The Labute approximate surface area is 141 Å². The summed E-state index contributed by atoms with van der Waals surface area (Å²) in [6.45, 7) is 3.21. The molecule has 2 aliphatic carbocycles. The van der Waals surface area contributed by atoms with Crippen LogP contribution >= 0.6 is 27.3 Å². The largest absolute Gasteiger partial charge is 0.378 e. The fraction of sp³-hybridized carbons (Fsp3) is 0.375. The first-order valence-electron chi connectivity index (χ1n) is 7.34. The third kappa shape index (κ3) is 2.49. The summed E-state index contributed by atoms with van der Waals surface area (Å²) in [6, 6.07) is 0. The lowest BCUT2D eigenvalue weighted by molar-refractivity contribution is -0.111. The average molecular weight is 379 g/mol. The molecule has 6 heteroatoms. The van der Waals surface area contributed by atoms with E-state index in [2.05, 4.69) is 31.9 Å². The van der Waals surface area contributed by atoms with Gasteiger partial charge in [-0.05, 0) is 33.5 Å². The van der Waals surface area contributed by atoms with Crippen LogP contribution in [-0.4, -0.2) is 42.0 Å². The standard InChI is InChI=1S/C16H15BrN2O2S/c17-16-18-9-15(22-16)12-2-1-11-13(12)7-10(8-14(11)20)19-3-5-21-6-4-19/h2,8-9H,1,3-7H2. The van der Waals surface area contributed by atoms with Crippen molar-refractivity contribution in [1.82, 2.24) is 9.88 Å². The minimum absolute atomic E-state index is 0.164. The second kappa shape index (κ2) is 5.76. The highest BCUT2D eigenvalue weighted by molar-refractivity contribution is 9.11. The Morgan fingerprint density at radius 3 is 2.82 bits per heavy atom. The van der Waals surface area contributed by atoms with E-state index in [4.69, 9.17) is 4.74 Å². The number of ether oxygens (including phenoxy) is 1. The second-order valence-corrected chi connectivity index (χ2v) is 7.84. The van der Waals surface area contributed by atoms with Crippen LogP contribution in [0.15, 0.2) is 39.1 Å². The van der Waals surface area contributed by atoms with Crippen LogP contribution in [-0.2, 0) is 9.53 Å². The van der Waals surface area contributed by atoms with Crippen molar-refractivity contribution in [3.63, 3.8) is 0 Å². The summed E-state index contributed by atoms with van der Waals surface area (Å²) in [4.78, 5) is 20.1. The van der Waals surface area contributed by atoms with Crippen molar-refractivity contribution < 1.29 is 9.53 Å². The van der Waals surface area contributed by atoms with Crippen LogP contribution in [0.1, 0.15) is 17.7 Å². The van der Waals surface area contributed by atoms with E-state index < -0.39 is 0 Å². The van der Waals surface area contributed by atoms with Crippen molar-refractivity contribution in [3.8, 4) is 0 Å². The van der Waals surface area contributed by atoms with Gasteiger partial charge in [0.15, 0.2) is 9.70 Å². The number of aromatic nitrogens is 1. The number of thiazole rings is 1. The maximum Gasteiger partial charge on any atom is 0.184 e. The van der Waals surface area contributed by atoms with Crippen LogP contribution < -0.4 is 0 Å². The molecule has 2 heterocycles. The van der Waals surface area contributed by atoms with Gasteiger partial charge in [-0.3, -0.25) is 4.79 Å². The van der Waals surface area contributed by atoms with E-state index >= 15 is 0 Å². The molecule has 114 valence electrons. The summed E-state index contributed by atoms with van der Waals surface area (Å²) in [5, 5.41) is 0. The fourth-order valence-corrected chi connectivity index (χ4v) is 4.55. The molecule has 1 fully saturated rings. The minimum atomic E-state index is 0.164. The van der Waals surface area contributed by atoms with Crippen LogP contribution in [0.5, 0.6) is 0 Å². The first-order chi connectivity index (χ1) is 10.7. The molecule has 0 atom stereocenters. The third-order valence-corrected chi connectivity index (χ3v) is 5.82. The number of rotatable bonds is 2. The molecule has 0 N–H and O–H groups in total. The molecule has 0 bridgehead atoms. The zero-order chi connectivity index (χ0) is 15.1. The molecule has 1 aromatic rings. The Balaban J connectivity index is 1.62. The van der Waals surface area contributed by atoms with Crippen LogP contribution in [0.4, 0.5) is 0 Å². The number of morpholine rings is 1. The quantitative estimate of drug-likeness (QED) is 0.792. The molecule has 4 nitrogen and oxygen atoms in total. The monoisotopic (exact) mass is 378 g/mol. The van der Waals surface area contributed by atoms with Crippen LogP contribution in [0.3, 0.4) is 0 Å². The Kier molecular flexibility index (Phi) is 3.76. The number of carbonyl (C=O) groups is 1. The summed E-state index contributed by atoms with van der Waals surface area (Å²) in [7, 11) is 0. The van der Waals surface area contributed by atoms with Gasteiger partial charge in [0.2, 0.25) is 0 Å². The minimum Gasteiger partial charge on any atom is -0.378 e. The molecule has 0 spiro atoms. The first-order valence-corrected chi connectivity index (χ1v) is 8.95. The van der Waals surface area contributed by atoms with Crippen molar-refractivity contribution in [2.75, 3.05) is 26.3 Å². The predicted molar refractivity (Wildman–Crippen MR) is 89.5 cm³/mol. The van der Waals surface area contributed by atoms with E-state index in [9.17, 15) is 4.79 Å². The molecular formula is C16H15BrN2O2S. The SMILES string of the molecule is O=C1C=C(N2CCOCC2)CC2=C1CC=C2c1cnc(Br)s1. The first kappa shape index (κ1) is 14.4. The lowest BCUT2D eigenvalue weighted by Crippen LogP contribution is -2.36. The molecule has 0 amide bonds. The molecule has 1 aromatic heterocycles. The van der Waals surface area contributed by atoms with Crippen molar-refractivity contribution in [2.24, 2.45) is 0 Å². The van der Waals surface area contributed by atoms with Gasteiger partial charge in [-0.2, -0.15) is 0 Å². The zero-order valence-electron chi connectivity index (χ0n) is 12.0. The molecule has 0 radical (unpaired) electrons. The van der Waals surface area contributed by atoms with Crippen molar-refractivity contribution in [1.29, 1.82) is 0 Å². The lowest BCUT2D eigenvalue weighted by Gasteiger charge is -2.33. The van der Waals surface area contributed by atoms with Gasteiger partial charge >= 0.3 is 0 Å². The van der Waals surface area contributed by atoms with Crippen LogP contribution in [0.2, 0.25) is 0 Å². The maximum atomic E-state index is 12.5. The van der Waals surface area contributed by atoms with Crippen molar-refractivity contribution >= 4 is 38.6 Å². The Bertz CT molecular complexity index is 726. The van der Waals surface area contributed by atoms with E-state index in [1.165, 1.54) is 11.1 Å². The highest BCUT2D eigenvalue weighted by Gasteiger charge is 2.30.